The number of nitrogens with zero attached hydrogens (tertiary/aromatic N) is 2. The van der Waals surface area contributed by atoms with E-state index in [-0.39, 0.29) is 23.2 Å². The molecule has 32 heavy (non-hydrogen) atoms. The minimum atomic E-state index is -3.81. The minimum Gasteiger partial charge on any atom is -0.354 e. The second kappa shape index (κ2) is 11.3. The van der Waals surface area contributed by atoms with Crippen molar-refractivity contribution in [3.05, 3.63) is 64.7 Å². The van der Waals surface area contributed by atoms with Gasteiger partial charge in [0, 0.05) is 13.1 Å². The van der Waals surface area contributed by atoms with Crippen LogP contribution in [-0.4, -0.2) is 50.5 Å². The van der Waals surface area contributed by atoms with Crippen molar-refractivity contribution in [1.29, 1.82) is 0 Å². The average Bonchev–Trinajstić information content (AvgIpc) is 2.73. The first kappa shape index (κ1) is 25.7. The molecule has 0 aliphatic carbocycles. The summed E-state index contributed by atoms with van der Waals surface area (Å²) < 4.78 is 26.0. The van der Waals surface area contributed by atoms with Crippen LogP contribution in [0.5, 0.6) is 0 Å². The first-order valence-corrected chi connectivity index (χ1v) is 12.6. The molecule has 2 amide bonds. The van der Waals surface area contributed by atoms with Gasteiger partial charge in [-0.2, -0.15) is 0 Å². The molecule has 9 heteroatoms. The highest BCUT2D eigenvalue weighted by molar-refractivity contribution is 7.92. The van der Waals surface area contributed by atoms with Gasteiger partial charge in [0.05, 0.1) is 17.0 Å². The summed E-state index contributed by atoms with van der Waals surface area (Å²) in [4.78, 5) is 27.4. The molecule has 2 rings (SSSR count). The number of sulfonamides is 1. The zero-order valence-electron chi connectivity index (χ0n) is 18.8. The van der Waals surface area contributed by atoms with Gasteiger partial charge in [0.25, 0.3) is 0 Å². The number of para-hydroxylation sites is 1. The Kier molecular flexibility index (Phi) is 9.09. The number of aryl methyl sites for hydroxylation is 1. The second-order valence-electron chi connectivity index (χ2n) is 7.70. The Labute approximate surface area is 195 Å². The van der Waals surface area contributed by atoms with E-state index in [1.54, 1.807) is 31.2 Å². The van der Waals surface area contributed by atoms with E-state index in [4.69, 9.17) is 11.6 Å². The Bertz CT molecular complexity index is 1060. The highest BCUT2D eigenvalue weighted by atomic mass is 35.5. The van der Waals surface area contributed by atoms with E-state index in [0.717, 1.165) is 28.1 Å². The number of hydrogen-bond donors (Lipinski definition) is 1. The van der Waals surface area contributed by atoms with Crippen molar-refractivity contribution in [2.45, 2.75) is 39.8 Å². The Morgan fingerprint density at radius 2 is 1.81 bits per heavy atom. The van der Waals surface area contributed by atoms with E-state index in [2.05, 4.69) is 5.32 Å². The molecular weight excluding hydrogens is 450 g/mol. The summed E-state index contributed by atoms with van der Waals surface area (Å²) in [6.45, 7) is 5.70. The van der Waals surface area contributed by atoms with Gasteiger partial charge in [-0.3, -0.25) is 13.9 Å². The van der Waals surface area contributed by atoms with Crippen LogP contribution in [0.4, 0.5) is 5.69 Å². The summed E-state index contributed by atoms with van der Waals surface area (Å²) in [6.07, 6.45) is 1.78. The Morgan fingerprint density at radius 3 is 2.41 bits per heavy atom. The summed E-state index contributed by atoms with van der Waals surface area (Å²) in [6, 6.07) is 13.3. The van der Waals surface area contributed by atoms with Crippen LogP contribution >= 0.6 is 11.6 Å². The molecule has 1 atom stereocenters. The van der Waals surface area contributed by atoms with E-state index in [1.807, 2.05) is 38.1 Å². The van der Waals surface area contributed by atoms with Gasteiger partial charge >= 0.3 is 0 Å². The number of halogens is 1. The third-order valence-corrected chi connectivity index (χ3v) is 6.40. The molecule has 174 valence electrons. The van der Waals surface area contributed by atoms with E-state index < -0.39 is 28.5 Å². The first-order chi connectivity index (χ1) is 15.0. The molecule has 2 aromatic carbocycles. The lowest BCUT2D eigenvalue weighted by Gasteiger charge is -2.31. The Morgan fingerprint density at radius 1 is 1.12 bits per heavy atom. The SMILES string of the molecule is CCCNC(=O)C(C)N(Cc1cccc(C)c1)C(=O)CN(c1ccccc1Cl)S(C)(=O)=O. The minimum absolute atomic E-state index is 0.168. The van der Waals surface area contributed by atoms with Crippen molar-refractivity contribution in [3.8, 4) is 0 Å². The summed E-state index contributed by atoms with van der Waals surface area (Å²) in [5, 5.41) is 3.02. The largest absolute Gasteiger partial charge is 0.354 e. The molecule has 1 unspecified atom stereocenters. The maximum atomic E-state index is 13.4. The highest BCUT2D eigenvalue weighted by Gasteiger charge is 2.30. The second-order valence-corrected chi connectivity index (χ2v) is 10.0. The quantitative estimate of drug-likeness (QED) is 0.566. The van der Waals surface area contributed by atoms with Gasteiger partial charge < -0.3 is 10.2 Å². The van der Waals surface area contributed by atoms with Gasteiger partial charge in [-0.1, -0.05) is 60.5 Å². The average molecular weight is 480 g/mol. The van der Waals surface area contributed by atoms with Crippen LogP contribution in [0.1, 0.15) is 31.4 Å². The van der Waals surface area contributed by atoms with Crippen LogP contribution in [0.25, 0.3) is 0 Å². The lowest BCUT2D eigenvalue weighted by molar-refractivity contribution is -0.139. The van der Waals surface area contributed by atoms with Crippen LogP contribution in [0.2, 0.25) is 5.02 Å². The number of rotatable bonds is 10. The third-order valence-electron chi connectivity index (χ3n) is 4.95. The molecule has 7 nitrogen and oxygen atoms in total. The number of carbonyl (C=O) groups excluding carboxylic acids is 2. The third kappa shape index (κ3) is 6.97. The first-order valence-electron chi connectivity index (χ1n) is 10.4. The molecule has 0 fully saturated rings. The molecule has 0 aliphatic heterocycles. The lowest BCUT2D eigenvalue weighted by atomic mass is 10.1. The predicted molar refractivity (Wildman–Crippen MR) is 128 cm³/mol. The van der Waals surface area contributed by atoms with E-state index >= 15 is 0 Å². The molecule has 0 heterocycles. The van der Waals surface area contributed by atoms with Crippen molar-refractivity contribution in [3.63, 3.8) is 0 Å². The predicted octanol–water partition coefficient (Wildman–Crippen LogP) is 3.36. The van der Waals surface area contributed by atoms with Crippen molar-refractivity contribution in [1.82, 2.24) is 10.2 Å². The number of carbonyl (C=O) groups is 2. The fourth-order valence-electron chi connectivity index (χ4n) is 3.23. The molecule has 2 aromatic rings. The summed E-state index contributed by atoms with van der Waals surface area (Å²) in [5.74, 6) is -0.799. The van der Waals surface area contributed by atoms with Crippen LogP contribution < -0.4 is 9.62 Å². The zero-order chi connectivity index (χ0) is 23.9. The Hall–Kier alpha value is -2.58. The van der Waals surface area contributed by atoms with Crippen molar-refractivity contribution >= 4 is 39.1 Å². The molecule has 0 bridgehead atoms. The molecule has 0 radical (unpaired) electrons. The maximum absolute atomic E-state index is 13.4. The standard InChI is InChI=1S/C23H30ClN3O4S/c1-5-13-25-23(29)18(3)26(15-19-10-8-9-17(2)14-19)22(28)16-27(32(4,30)31)21-12-7-6-11-20(21)24/h6-12,14,18H,5,13,15-16H2,1-4H3,(H,25,29). The van der Waals surface area contributed by atoms with Crippen molar-refractivity contribution < 1.29 is 18.0 Å². The van der Waals surface area contributed by atoms with Gasteiger partial charge in [-0.25, -0.2) is 8.42 Å². The maximum Gasteiger partial charge on any atom is 0.244 e. The molecule has 1 N–H and O–H groups in total. The number of anilines is 1. The van der Waals surface area contributed by atoms with Gasteiger partial charge in [0.2, 0.25) is 21.8 Å². The van der Waals surface area contributed by atoms with Crippen molar-refractivity contribution in [2.24, 2.45) is 0 Å². The number of amides is 2. The molecule has 0 saturated carbocycles. The Balaban J connectivity index is 2.38. The fraction of sp³-hybridized carbons (Fsp3) is 0.391. The topological polar surface area (TPSA) is 86.8 Å². The van der Waals surface area contributed by atoms with E-state index in [1.165, 1.54) is 4.90 Å². The molecule has 0 saturated heterocycles. The molecule has 0 aliphatic rings. The van der Waals surface area contributed by atoms with E-state index in [9.17, 15) is 18.0 Å². The van der Waals surface area contributed by atoms with Crippen LogP contribution in [0.15, 0.2) is 48.5 Å². The monoisotopic (exact) mass is 479 g/mol. The fourth-order valence-corrected chi connectivity index (χ4v) is 4.38. The number of hydrogen-bond acceptors (Lipinski definition) is 4. The molecular formula is C23H30ClN3O4S. The summed E-state index contributed by atoms with van der Waals surface area (Å²) >= 11 is 6.21. The summed E-state index contributed by atoms with van der Waals surface area (Å²) in [7, 11) is -3.81. The highest BCUT2D eigenvalue weighted by Crippen LogP contribution is 2.27. The normalized spacial score (nSPS) is 12.2. The number of benzene rings is 2. The van der Waals surface area contributed by atoms with Gasteiger partial charge in [0.15, 0.2) is 0 Å². The molecule has 0 aromatic heterocycles. The number of nitrogens with one attached hydrogen (secondary N) is 1. The smallest absolute Gasteiger partial charge is 0.244 e. The lowest BCUT2D eigenvalue weighted by Crippen LogP contribution is -2.51. The van der Waals surface area contributed by atoms with Gasteiger partial charge in [0.1, 0.15) is 12.6 Å². The molecule has 0 spiro atoms. The summed E-state index contributed by atoms with van der Waals surface area (Å²) in [5.41, 5.74) is 2.08. The van der Waals surface area contributed by atoms with Crippen LogP contribution in [-0.2, 0) is 26.2 Å². The van der Waals surface area contributed by atoms with Crippen molar-refractivity contribution in [2.75, 3.05) is 23.7 Å². The van der Waals surface area contributed by atoms with Crippen LogP contribution in [0, 0.1) is 6.92 Å². The zero-order valence-corrected chi connectivity index (χ0v) is 20.4. The van der Waals surface area contributed by atoms with Gasteiger partial charge in [-0.15, -0.1) is 0 Å². The van der Waals surface area contributed by atoms with E-state index in [0.29, 0.717) is 6.54 Å². The van der Waals surface area contributed by atoms with Crippen LogP contribution in [0.3, 0.4) is 0 Å². The van der Waals surface area contributed by atoms with Gasteiger partial charge in [-0.05, 0) is 38.0 Å².